The number of hydrogen-bond donors (Lipinski definition) is 2. The molecule has 0 fully saturated rings. The lowest BCUT2D eigenvalue weighted by atomic mass is 9.94. The van der Waals surface area contributed by atoms with Crippen molar-refractivity contribution in [2.24, 2.45) is 0 Å². The van der Waals surface area contributed by atoms with Crippen molar-refractivity contribution in [1.82, 2.24) is 9.97 Å². The maximum Gasteiger partial charge on any atom is 0.326 e. The predicted molar refractivity (Wildman–Crippen MR) is 156 cm³/mol. The molecule has 0 saturated heterocycles. The van der Waals surface area contributed by atoms with Crippen LogP contribution < -0.4 is 10.2 Å². The lowest BCUT2D eigenvalue weighted by Gasteiger charge is -2.22. The number of rotatable bonds is 9. The summed E-state index contributed by atoms with van der Waals surface area (Å²) in [5.41, 5.74) is 8.31. The van der Waals surface area contributed by atoms with Gasteiger partial charge in [-0.3, -0.25) is 0 Å². The van der Waals surface area contributed by atoms with E-state index in [-0.39, 0.29) is 6.42 Å². The van der Waals surface area contributed by atoms with Crippen LogP contribution in [0.15, 0.2) is 66.9 Å². The fourth-order valence-corrected chi connectivity index (χ4v) is 4.85. The third kappa shape index (κ3) is 6.07. The second kappa shape index (κ2) is 11.8. The van der Waals surface area contributed by atoms with Crippen LogP contribution in [0.1, 0.15) is 34.7 Å². The molecule has 7 heteroatoms. The lowest BCUT2D eigenvalue weighted by molar-refractivity contribution is -0.137. The Hall–Kier alpha value is -4.70. The van der Waals surface area contributed by atoms with E-state index in [2.05, 4.69) is 35.4 Å². The van der Waals surface area contributed by atoms with E-state index in [9.17, 15) is 15.2 Å². The van der Waals surface area contributed by atoms with Crippen LogP contribution >= 0.6 is 0 Å². The Morgan fingerprint density at radius 3 is 2.33 bits per heavy atom. The van der Waals surface area contributed by atoms with E-state index in [1.807, 2.05) is 75.2 Å². The van der Waals surface area contributed by atoms with Crippen LogP contribution in [0.5, 0.6) is 0 Å². The Kier molecular flexibility index (Phi) is 8.26. The first kappa shape index (κ1) is 27.3. The summed E-state index contributed by atoms with van der Waals surface area (Å²) in [7, 11) is 1.90. The molecule has 39 heavy (non-hydrogen) atoms. The van der Waals surface area contributed by atoms with Gasteiger partial charge in [-0.05, 0) is 67.1 Å². The standard InChI is InChI=1S/C32H33N5O2/c1-6-37(5)32-34-19-27(29-21(3)15-20(2)16-22(29)4)30(36-32)35-28(31(38)39)17-23-11-13-24(14-12-23)26-10-8-7-9-25(26)18-33/h7-16,19,28H,6,17H2,1-5H3,(H,38,39)(H,34,35,36)/t28-/m0/s1. The van der Waals surface area contributed by atoms with Crippen molar-refractivity contribution >= 4 is 17.7 Å². The minimum Gasteiger partial charge on any atom is -0.480 e. The summed E-state index contributed by atoms with van der Waals surface area (Å²) < 4.78 is 0. The number of carbonyl (C=O) groups is 1. The molecule has 0 saturated carbocycles. The summed E-state index contributed by atoms with van der Waals surface area (Å²) in [4.78, 5) is 23.7. The molecule has 1 heterocycles. The molecule has 7 nitrogen and oxygen atoms in total. The molecule has 0 unspecified atom stereocenters. The van der Waals surface area contributed by atoms with Gasteiger partial charge in [-0.2, -0.15) is 10.2 Å². The van der Waals surface area contributed by atoms with Crippen molar-refractivity contribution in [3.8, 4) is 28.3 Å². The van der Waals surface area contributed by atoms with Gasteiger partial charge in [0.2, 0.25) is 5.95 Å². The predicted octanol–water partition coefficient (Wildman–Crippen LogP) is 6.17. The summed E-state index contributed by atoms with van der Waals surface area (Å²) in [6, 6.07) is 20.6. The van der Waals surface area contributed by atoms with Crippen molar-refractivity contribution in [3.05, 3.63) is 94.7 Å². The van der Waals surface area contributed by atoms with Crippen LogP contribution in [0.25, 0.3) is 22.3 Å². The second-order valence-corrected chi connectivity index (χ2v) is 9.81. The van der Waals surface area contributed by atoms with Gasteiger partial charge in [-0.1, -0.05) is 60.2 Å². The minimum absolute atomic E-state index is 0.254. The molecule has 0 aliphatic heterocycles. The Morgan fingerprint density at radius 2 is 1.72 bits per heavy atom. The van der Waals surface area contributed by atoms with E-state index >= 15 is 0 Å². The average molecular weight is 520 g/mol. The molecule has 198 valence electrons. The lowest BCUT2D eigenvalue weighted by Crippen LogP contribution is -2.32. The van der Waals surface area contributed by atoms with Gasteiger partial charge < -0.3 is 15.3 Å². The summed E-state index contributed by atoms with van der Waals surface area (Å²) in [5.74, 6) is 0.0411. The molecule has 4 rings (SSSR count). The van der Waals surface area contributed by atoms with E-state index < -0.39 is 12.0 Å². The highest BCUT2D eigenvalue weighted by Gasteiger charge is 2.23. The topological polar surface area (TPSA) is 102 Å². The van der Waals surface area contributed by atoms with Crippen LogP contribution in [-0.2, 0) is 11.2 Å². The molecule has 3 aromatic carbocycles. The van der Waals surface area contributed by atoms with Gasteiger partial charge in [0.25, 0.3) is 0 Å². The van der Waals surface area contributed by atoms with Crippen molar-refractivity contribution in [2.45, 2.75) is 40.2 Å². The number of nitriles is 1. The Bertz CT molecular complexity index is 1520. The molecule has 0 aliphatic rings. The molecule has 0 aliphatic carbocycles. The first-order chi connectivity index (χ1) is 18.7. The van der Waals surface area contributed by atoms with Gasteiger partial charge in [-0.15, -0.1) is 0 Å². The fourth-order valence-electron chi connectivity index (χ4n) is 4.85. The maximum atomic E-state index is 12.4. The van der Waals surface area contributed by atoms with Crippen molar-refractivity contribution in [1.29, 1.82) is 5.26 Å². The van der Waals surface area contributed by atoms with Crippen LogP contribution in [0.3, 0.4) is 0 Å². The summed E-state index contributed by atoms with van der Waals surface area (Å²) in [6.07, 6.45) is 2.03. The highest BCUT2D eigenvalue weighted by atomic mass is 16.4. The zero-order valence-electron chi connectivity index (χ0n) is 23.0. The van der Waals surface area contributed by atoms with Crippen molar-refractivity contribution in [3.63, 3.8) is 0 Å². The molecule has 1 atom stereocenters. The Labute approximate surface area is 229 Å². The van der Waals surface area contributed by atoms with E-state index in [0.29, 0.717) is 23.9 Å². The van der Waals surface area contributed by atoms with Crippen molar-refractivity contribution < 1.29 is 9.90 Å². The molecule has 0 spiro atoms. The van der Waals surface area contributed by atoms with Crippen LogP contribution in [-0.4, -0.2) is 40.7 Å². The highest BCUT2D eigenvalue weighted by molar-refractivity contribution is 5.84. The third-order valence-electron chi connectivity index (χ3n) is 6.90. The number of nitrogens with one attached hydrogen (secondary N) is 1. The molecule has 0 bridgehead atoms. The number of aryl methyl sites for hydroxylation is 3. The number of anilines is 2. The number of carboxylic acid groups (broad SMARTS) is 1. The smallest absolute Gasteiger partial charge is 0.326 e. The van der Waals surface area contributed by atoms with Gasteiger partial charge >= 0.3 is 5.97 Å². The maximum absolute atomic E-state index is 12.4. The molecule has 2 N–H and O–H groups in total. The summed E-state index contributed by atoms with van der Waals surface area (Å²) in [5, 5.41) is 22.8. The molecular formula is C32H33N5O2. The average Bonchev–Trinajstić information content (AvgIpc) is 2.92. The van der Waals surface area contributed by atoms with Crippen LogP contribution in [0.4, 0.5) is 11.8 Å². The first-order valence-electron chi connectivity index (χ1n) is 13.0. The summed E-state index contributed by atoms with van der Waals surface area (Å²) >= 11 is 0. The molecule has 0 amide bonds. The SMILES string of the molecule is CCN(C)c1ncc(-c2c(C)cc(C)cc2C)c(N[C@@H](Cc2ccc(-c3ccccc3C#N)cc2)C(=O)O)n1. The van der Waals surface area contributed by atoms with Gasteiger partial charge in [0.15, 0.2) is 0 Å². The van der Waals surface area contributed by atoms with Gasteiger partial charge in [0, 0.05) is 31.8 Å². The number of aromatic nitrogens is 2. The minimum atomic E-state index is -0.971. The third-order valence-corrected chi connectivity index (χ3v) is 6.90. The number of nitrogens with zero attached hydrogens (tertiary/aromatic N) is 4. The summed E-state index contributed by atoms with van der Waals surface area (Å²) in [6.45, 7) is 8.88. The quantitative estimate of drug-likeness (QED) is 0.273. The van der Waals surface area contributed by atoms with Crippen LogP contribution in [0, 0.1) is 32.1 Å². The Balaban J connectivity index is 1.69. The van der Waals surface area contributed by atoms with Crippen LogP contribution in [0.2, 0.25) is 0 Å². The van der Waals surface area contributed by atoms with Gasteiger partial charge in [0.1, 0.15) is 11.9 Å². The zero-order chi connectivity index (χ0) is 28.1. The molecule has 4 aromatic rings. The molecular weight excluding hydrogens is 486 g/mol. The molecule has 1 aromatic heterocycles. The first-order valence-corrected chi connectivity index (χ1v) is 13.0. The normalized spacial score (nSPS) is 11.5. The van der Waals surface area contributed by atoms with E-state index in [1.54, 1.807) is 12.3 Å². The number of hydrogen-bond acceptors (Lipinski definition) is 6. The van der Waals surface area contributed by atoms with Gasteiger partial charge in [-0.25, -0.2) is 9.78 Å². The highest BCUT2D eigenvalue weighted by Crippen LogP contribution is 2.34. The zero-order valence-corrected chi connectivity index (χ0v) is 23.0. The second-order valence-electron chi connectivity index (χ2n) is 9.81. The Morgan fingerprint density at radius 1 is 1.05 bits per heavy atom. The van der Waals surface area contributed by atoms with E-state index in [1.165, 1.54) is 0 Å². The van der Waals surface area contributed by atoms with E-state index in [4.69, 9.17) is 4.98 Å². The number of benzene rings is 3. The number of aliphatic carboxylic acids is 1. The largest absolute Gasteiger partial charge is 0.480 e. The van der Waals surface area contributed by atoms with Gasteiger partial charge in [0.05, 0.1) is 11.6 Å². The van der Waals surface area contributed by atoms with Crippen molar-refractivity contribution in [2.75, 3.05) is 23.8 Å². The fraction of sp³-hybridized carbons (Fsp3) is 0.250. The monoisotopic (exact) mass is 519 g/mol. The van der Waals surface area contributed by atoms with E-state index in [0.717, 1.165) is 44.5 Å². The number of carboxylic acids is 1. The molecule has 0 radical (unpaired) electrons.